The zero-order valence-corrected chi connectivity index (χ0v) is 13.8. The maximum Gasteiger partial charge on any atom is 0.319 e. The van der Waals surface area contributed by atoms with Crippen LogP contribution in [0.4, 0.5) is 10.5 Å². The van der Waals surface area contributed by atoms with Gasteiger partial charge in [0, 0.05) is 24.9 Å². The highest BCUT2D eigenvalue weighted by atomic mass is 16.5. The quantitative estimate of drug-likeness (QED) is 0.655. The smallest absolute Gasteiger partial charge is 0.319 e. The van der Waals surface area contributed by atoms with Gasteiger partial charge in [-0.3, -0.25) is 0 Å². The van der Waals surface area contributed by atoms with E-state index in [0.717, 1.165) is 24.1 Å². The molecular weight excluding hydrogens is 280 g/mol. The van der Waals surface area contributed by atoms with Gasteiger partial charge in [0.1, 0.15) is 0 Å². The number of anilines is 1. The lowest BCUT2D eigenvalue weighted by molar-refractivity contribution is 0.0245. The molecule has 0 aliphatic carbocycles. The van der Waals surface area contributed by atoms with Crippen molar-refractivity contribution in [2.24, 2.45) is 0 Å². The van der Waals surface area contributed by atoms with Crippen LogP contribution in [0.1, 0.15) is 45.1 Å². The van der Waals surface area contributed by atoms with Crippen molar-refractivity contribution in [2.75, 3.05) is 19.0 Å². The monoisotopic (exact) mass is 308 g/mol. The number of rotatable bonds is 9. The maximum absolute atomic E-state index is 12.0. The lowest BCUT2D eigenvalue weighted by Crippen LogP contribution is -2.44. The Balaban J connectivity index is 2.59. The first-order valence-electron chi connectivity index (χ1n) is 7.88. The van der Waals surface area contributed by atoms with E-state index < -0.39 is 5.60 Å². The number of ether oxygens (including phenoxy) is 1. The average molecular weight is 308 g/mol. The van der Waals surface area contributed by atoms with Crippen molar-refractivity contribution in [2.45, 2.75) is 51.7 Å². The number of methoxy groups -OCH3 is 1. The number of amides is 2. The Morgan fingerprint density at radius 1 is 1.23 bits per heavy atom. The Kier molecular flexibility index (Phi) is 7.91. The van der Waals surface area contributed by atoms with E-state index in [1.807, 2.05) is 38.1 Å². The Morgan fingerprint density at radius 2 is 1.86 bits per heavy atom. The second kappa shape index (κ2) is 9.43. The first-order chi connectivity index (χ1) is 10.5. The normalized spacial score (nSPS) is 11.3. The summed E-state index contributed by atoms with van der Waals surface area (Å²) in [7, 11) is 1.62. The molecule has 0 heterocycles. The van der Waals surface area contributed by atoms with E-state index in [-0.39, 0.29) is 12.6 Å². The van der Waals surface area contributed by atoms with E-state index in [9.17, 15) is 9.90 Å². The molecular formula is C17H28N2O3. The first-order valence-corrected chi connectivity index (χ1v) is 7.88. The average Bonchev–Trinajstić information content (AvgIpc) is 2.48. The fraction of sp³-hybridized carbons (Fsp3) is 0.588. The molecule has 0 bridgehead atoms. The number of urea groups is 1. The summed E-state index contributed by atoms with van der Waals surface area (Å²) >= 11 is 0. The van der Waals surface area contributed by atoms with Crippen molar-refractivity contribution < 1.29 is 14.6 Å². The second-order valence-corrected chi connectivity index (χ2v) is 5.62. The van der Waals surface area contributed by atoms with Crippen LogP contribution in [0.15, 0.2) is 24.3 Å². The van der Waals surface area contributed by atoms with Crippen LogP contribution in [-0.4, -0.2) is 30.4 Å². The van der Waals surface area contributed by atoms with E-state index in [1.54, 1.807) is 7.11 Å². The lowest BCUT2D eigenvalue weighted by atomic mass is 9.93. The van der Waals surface area contributed by atoms with Crippen molar-refractivity contribution in [3.05, 3.63) is 29.8 Å². The molecule has 0 fully saturated rings. The van der Waals surface area contributed by atoms with Crippen LogP contribution in [0, 0.1) is 0 Å². The largest absolute Gasteiger partial charge is 0.388 e. The van der Waals surface area contributed by atoms with Gasteiger partial charge in [0.15, 0.2) is 0 Å². The van der Waals surface area contributed by atoms with Gasteiger partial charge < -0.3 is 20.5 Å². The molecule has 1 aromatic rings. The molecule has 124 valence electrons. The van der Waals surface area contributed by atoms with Crippen molar-refractivity contribution >= 4 is 11.7 Å². The molecule has 3 N–H and O–H groups in total. The molecule has 1 rings (SSSR count). The number of hydrogen-bond acceptors (Lipinski definition) is 3. The summed E-state index contributed by atoms with van der Waals surface area (Å²) in [5, 5.41) is 16.1. The molecule has 0 aliphatic heterocycles. The molecule has 22 heavy (non-hydrogen) atoms. The number of aliphatic hydroxyl groups is 1. The minimum absolute atomic E-state index is 0.257. The van der Waals surface area contributed by atoms with E-state index in [4.69, 9.17) is 4.74 Å². The summed E-state index contributed by atoms with van der Waals surface area (Å²) in [6, 6.07) is 7.19. The maximum atomic E-state index is 12.0. The predicted molar refractivity (Wildman–Crippen MR) is 88.9 cm³/mol. The summed E-state index contributed by atoms with van der Waals surface area (Å²) in [6.07, 6.45) is 3.13. The highest BCUT2D eigenvalue weighted by Gasteiger charge is 2.25. The molecule has 5 heteroatoms. The Bertz CT molecular complexity index is 457. The summed E-state index contributed by atoms with van der Waals surface area (Å²) in [4.78, 5) is 12.0. The molecule has 0 aromatic heterocycles. The zero-order valence-electron chi connectivity index (χ0n) is 13.8. The van der Waals surface area contributed by atoms with Gasteiger partial charge in [-0.1, -0.05) is 44.9 Å². The molecule has 0 radical (unpaired) electrons. The summed E-state index contributed by atoms with van der Waals surface area (Å²) in [5.41, 5.74) is 0.807. The number of carbonyl (C=O) groups is 1. The highest BCUT2D eigenvalue weighted by Crippen LogP contribution is 2.19. The third-order valence-corrected chi connectivity index (χ3v) is 3.57. The van der Waals surface area contributed by atoms with Gasteiger partial charge in [-0.2, -0.15) is 0 Å². The van der Waals surface area contributed by atoms with Gasteiger partial charge >= 0.3 is 6.03 Å². The fourth-order valence-corrected chi connectivity index (χ4v) is 2.57. The van der Waals surface area contributed by atoms with Crippen LogP contribution >= 0.6 is 0 Å². The Morgan fingerprint density at radius 3 is 2.45 bits per heavy atom. The molecule has 0 saturated carbocycles. The third-order valence-electron chi connectivity index (χ3n) is 3.57. The van der Waals surface area contributed by atoms with Gasteiger partial charge in [-0.05, 0) is 18.9 Å². The minimum atomic E-state index is -0.827. The van der Waals surface area contributed by atoms with Gasteiger partial charge in [0.05, 0.1) is 12.2 Å². The third kappa shape index (κ3) is 6.03. The number of para-hydroxylation sites is 1. The number of carbonyl (C=O) groups excluding carboxylic acids is 1. The number of nitrogens with one attached hydrogen (secondary N) is 2. The van der Waals surface area contributed by atoms with E-state index in [2.05, 4.69) is 10.6 Å². The number of benzene rings is 1. The summed E-state index contributed by atoms with van der Waals surface area (Å²) in [6.45, 7) is 4.75. The molecule has 5 nitrogen and oxygen atoms in total. The Labute approximate surface area is 133 Å². The van der Waals surface area contributed by atoms with E-state index in [0.29, 0.717) is 19.4 Å². The molecule has 0 unspecified atom stereocenters. The molecule has 0 spiro atoms. The second-order valence-electron chi connectivity index (χ2n) is 5.62. The van der Waals surface area contributed by atoms with Crippen molar-refractivity contribution in [3.8, 4) is 0 Å². The van der Waals surface area contributed by atoms with Gasteiger partial charge in [-0.15, -0.1) is 0 Å². The molecule has 0 saturated heterocycles. The van der Waals surface area contributed by atoms with Crippen LogP contribution in [0.2, 0.25) is 0 Å². The van der Waals surface area contributed by atoms with Crippen LogP contribution in [0.5, 0.6) is 0 Å². The molecule has 2 amide bonds. The van der Waals surface area contributed by atoms with E-state index in [1.165, 1.54) is 0 Å². The first kappa shape index (κ1) is 18.5. The van der Waals surface area contributed by atoms with Crippen LogP contribution in [0.25, 0.3) is 0 Å². The zero-order chi connectivity index (χ0) is 16.4. The van der Waals surface area contributed by atoms with Crippen molar-refractivity contribution in [1.29, 1.82) is 0 Å². The molecule has 0 aliphatic rings. The van der Waals surface area contributed by atoms with Crippen LogP contribution in [0.3, 0.4) is 0 Å². The van der Waals surface area contributed by atoms with Gasteiger partial charge in [-0.25, -0.2) is 4.79 Å². The number of hydrogen-bond donors (Lipinski definition) is 3. The minimum Gasteiger partial charge on any atom is -0.388 e. The van der Waals surface area contributed by atoms with Gasteiger partial charge in [0.2, 0.25) is 0 Å². The highest BCUT2D eigenvalue weighted by molar-refractivity contribution is 5.90. The standard InChI is InChI=1S/C17H28N2O3/c1-4-10-17(21,11-5-2)13-18-16(20)19-15-9-7-6-8-14(15)12-22-3/h6-9,21H,4-5,10-13H2,1-3H3,(H2,18,19,20). The summed E-state index contributed by atoms with van der Waals surface area (Å²) < 4.78 is 5.12. The molecule has 0 atom stereocenters. The van der Waals surface area contributed by atoms with E-state index >= 15 is 0 Å². The van der Waals surface area contributed by atoms with Crippen LogP contribution in [-0.2, 0) is 11.3 Å². The predicted octanol–water partition coefficient (Wildman–Crippen LogP) is 3.29. The van der Waals surface area contributed by atoms with Gasteiger partial charge in [0.25, 0.3) is 0 Å². The lowest BCUT2D eigenvalue weighted by Gasteiger charge is -2.27. The topological polar surface area (TPSA) is 70.6 Å². The van der Waals surface area contributed by atoms with Crippen molar-refractivity contribution in [3.63, 3.8) is 0 Å². The Hall–Kier alpha value is -1.59. The van der Waals surface area contributed by atoms with Crippen LogP contribution < -0.4 is 10.6 Å². The van der Waals surface area contributed by atoms with Crippen molar-refractivity contribution in [1.82, 2.24) is 5.32 Å². The summed E-state index contributed by atoms with van der Waals surface area (Å²) in [5.74, 6) is 0. The fourth-order valence-electron chi connectivity index (χ4n) is 2.57. The SMILES string of the molecule is CCCC(O)(CCC)CNC(=O)Nc1ccccc1COC. The molecule has 1 aromatic carbocycles.